The van der Waals surface area contributed by atoms with Gasteiger partial charge in [0.05, 0.1) is 22.9 Å². The summed E-state index contributed by atoms with van der Waals surface area (Å²) in [5, 5.41) is 2.83. The van der Waals surface area contributed by atoms with Crippen molar-refractivity contribution < 1.29 is 9.53 Å². The first-order chi connectivity index (χ1) is 12.0. The Labute approximate surface area is 147 Å². The lowest BCUT2D eigenvalue weighted by molar-refractivity contribution is -0.127. The quantitative estimate of drug-likeness (QED) is 0.774. The Morgan fingerprint density at radius 1 is 1.00 bits per heavy atom. The zero-order chi connectivity index (χ0) is 17.8. The third-order valence-corrected chi connectivity index (χ3v) is 3.71. The summed E-state index contributed by atoms with van der Waals surface area (Å²) in [6.45, 7) is 5.58. The maximum absolute atomic E-state index is 11.9. The van der Waals surface area contributed by atoms with Crippen LogP contribution in [0.25, 0.3) is 22.3 Å². The van der Waals surface area contributed by atoms with Gasteiger partial charge >= 0.3 is 0 Å². The number of hydrogen-bond donors (Lipinski definition) is 1. The molecule has 5 heteroatoms. The minimum Gasteiger partial charge on any atom is -0.481 e. The van der Waals surface area contributed by atoms with Crippen molar-refractivity contribution in [2.75, 3.05) is 0 Å². The van der Waals surface area contributed by atoms with Gasteiger partial charge < -0.3 is 10.1 Å². The van der Waals surface area contributed by atoms with Crippen LogP contribution >= 0.6 is 0 Å². The van der Waals surface area contributed by atoms with Crippen LogP contribution in [0.3, 0.4) is 0 Å². The first-order valence-electron chi connectivity index (χ1n) is 8.32. The summed E-state index contributed by atoms with van der Waals surface area (Å²) in [4.78, 5) is 21.0. The first-order valence-corrected chi connectivity index (χ1v) is 8.32. The minimum atomic E-state index is -0.547. The smallest absolute Gasteiger partial charge is 0.260 e. The summed E-state index contributed by atoms with van der Waals surface area (Å²) in [6.07, 6.45) is 1.21. The standard InChI is InChI=1S/C20H21N3O2/c1-13(2)22-20(24)14(3)25-16-10-8-15(9-11-16)19-12-21-17-6-4-5-7-18(17)23-19/h4-14H,1-3H3,(H,22,24). The molecule has 1 N–H and O–H groups in total. The molecule has 0 saturated carbocycles. The molecule has 0 aliphatic heterocycles. The van der Waals surface area contributed by atoms with Crippen molar-refractivity contribution in [2.24, 2.45) is 0 Å². The lowest BCUT2D eigenvalue weighted by Crippen LogP contribution is -2.39. The van der Waals surface area contributed by atoms with E-state index in [4.69, 9.17) is 4.74 Å². The lowest BCUT2D eigenvalue weighted by atomic mass is 10.1. The molecule has 128 valence electrons. The molecule has 1 heterocycles. The van der Waals surface area contributed by atoms with E-state index in [2.05, 4.69) is 15.3 Å². The highest BCUT2D eigenvalue weighted by Crippen LogP contribution is 2.22. The average Bonchev–Trinajstić information content (AvgIpc) is 2.61. The monoisotopic (exact) mass is 335 g/mol. The predicted octanol–water partition coefficient (Wildman–Crippen LogP) is 3.59. The normalized spacial score (nSPS) is 12.2. The van der Waals surface area contributed by atoms with Gasteiger partial charge in [-0.3, -0.25) is 9.78 Å². The molecular weight excluding hydrogens is 314 g/mol. The summed E-state index contributed by atoms with van der Waals surface area (Å²) < 4.78 is 5.69. The van der Waals surface area contributed by atoms with E-state index in [0.717, 1.165) is 22.3 Å². The second-order valence-corrected chi connectivity index (χ2v) is 6.19. The molecule has 3 aromatic rings. The highest BCUT2D eigenvalue weighted by molar-refractivity contribution is 5.81. The van der Waals surface area contributed by atoms with Crippen LogP contribution in [-0.2, 0) is 4.79 Å². The van der Waals surface area contributed by atoms with Crippen LogP contribution in [0.1, 0.15) is 20.8 Å². The highest BCUT2D eigenvalue weighted by atomic mass is 16.5. The molecule has 1 amide bonds. The molecule has 5 nitrogen and oxygen atoms in total. The van der Waals surface area contributed by atoms with Crippen LogP contribution in [0.2, 0.25) is 0 Å². The number of ether oxygens (including phenoxy) is 1. The van der Waals surface area contributed by atoms with Crippen molar-refractivity contribution in [3.05, 3.63) is 54.7 Å². The molecule has 2 aromatic carbocycles. The second kappa shape index (κ2) is 7.30. The number of para-hydroxylation sites is 2. The third kappa shape index (κ3) is 4.12. The molecule has 0 spiro atoms. The SMILES string of the molecule is CC(C)NC(=O)C(C)Oc1ccc(-c2cnc3ccccc3n2)cc1. The molecule has 0 bridgehead atoms. The summed E-state index contributed by atoms with van der Waals surface area (Å²) in [5.74, 6) is 0.517. The van der Waals surface area contributed by atoms with Gasteiger partial charge in [0.1, 0.15) is 5.75 Å². The number of hydrogen-bond acceptors (Lipinski definition) is 4. The first kappa shape index (κ1) is 16.9. The van der Waals surface area contributed by atoms with Gasteiger partial charge in [-0.2, -0.15) is 0 Å². The Balaban J connectivity index is 1.74. The summed E-state index contributed by atoms with van der Waals surface area (Å²) >= 11 is 0. The van der Waals surface area contributed by atoms with Gasteiger partial charge in [-0.1, -0.05) is 12.1 Å². The number of nitrogens with one attached hydrogen (secondary N) is 1. The van der Waals surface area contributed by atoms with Crippen molar-refractivity contribution in [1.29, 1.82) is 0 Å². The van der Waals surface area contributed by atoms with Gasteiger partial charge in [0, 0.05) is 11.6 Å². The van der Waals surface area contributed by atoms with Gasteiger partial charge in [-0.05, 0) is 57.2 Å². The van der Waals surface area contributed by atoms with Crippen LogP contribution in [0.5, 0.6) is 5.75 Å². The van der Waals surface area contributed by atoms with E-state index in [1.807, 2.05) is 62.4 Å². The number of amides is 1. The third-order valence-electron chi connectivity index (χ3n) is 3.71. The Morgan fingerprint density at radius 3 is 2.36 bits per heavy atom. The van der Waals surface area contributed by atoms with E-state index in [1.54, 1.807) is 13.1 Å². The van der Waals surface area contributed by atoms with Crippen molar-refractivity contribution in [2.45, 2.75) is 32.9 Å². The van der Waals surface area contributed by atoms with E-state index in [9.17, 15) is 4.79 Å². The van der Waals surface area contributed by atoms with Crippen LogP contribution in [0.15, 0.2) is 54.7 Å². The van der Waals surface area contributed by atoms with E-state index in [1.165, 1.54) is 0 Å². The highest BCUT2D eigenvalue weighted by Gasteiger charge is 2.15. The van der Waals surface area contributed by atoms with Crippen molar-refractivity contribution in [1.82, 2.24) is 15.3 Å². The Bertz CT molecular complexity index is 876. The zero-order valence-corrected chi connectivity index (χ0v) is 14.6. The number of nitrogens with zero attached hydrogens (tertiary/aromatic N) is 2. The van der Waals surface area contributed by atoms with E-state index < -0.39 is 6.10 Å². The molecule has 25 heavy (non-hydrogen) atoms. The van der Waals surface area contributed by atoms with Crippen molar-refractivity contribution in [3.63, 3.8) is 0 Å². The van der Waals surface area contributed by atoms with Crippen LogP contribution < -0.4 is 10.1 Å². The molecule has 0 radical (unpaired) electrons. The summed E-state index contributed by atoms with van der Waals surface area (Å²) in [6, 6.07) is 15.4. The van der Waals surface area contributed by atoms with Crippen molar-refractivity contribution >= 4 is 16.9 Å². The van der Waals surface area contributed by atoms with E-state index in [0.29, 0.717) is 5.75 Å². The number of aromatic nitrogens is 2. The molecule has 0 saturated heterocycles. The van der Waals surface area contributed by atoms with Crippen LogP contribution in [0.4, 0.5) is 0 Å². The maximum atomic E-state index is 11.9. The number of carbonyl (C=O) groups is 1. The fraction of sp³-hybridized carbons (Fsp3) is 0.250. The van der Waals surface area contributed by atoms with Gasteiger partial charge in [0.25, 0.3) is 5.91 Å². The van der Waals surface area contributed by atoms with Crippen LogP contribution in [0, 0.1) is 0 Å². The largest absolute Gasteiger partial charge is 0.481 e. The average molecular weight is 335 g/mol. The Kier molecular flexibility index (Phi) is 4.93. The fourth-order valence-corrected chi connectivity index (χ4v) is 2.46. The number of benzene rings is 2. The molecule has 0 aliphatic carbocycles. The Morgan fingerprint density at radius 2 is 1.68 bits per heavy atom. The minimum absolute atomic E-state index is 0.0902. The molecular formula is C20H21N3O2. The molecule has 1 atom stereocenters. The van der Waals surface area contributed by atoms with Crippen molar-refractivity contribution in [3.8, 4) is 17.0 Å². The number of rotatable bonds is 5. The molecule has 0 aliphatic rings. The lowest BCUT2D eigenvalue weighted by Gasteiger charge is -2.16. The number of fused-ring (bicyclic) bond motifs is 1. The molecule has 1 aromatic heterocycles. The fourth-order valence-electron chi connectivity index (χ4n) is 2.46. The Hall–Kier alpha value is -2.95. The van der Waals surface area contributed by atoms with Gasteiger partial charge in [-0.25, -0.2) is 4.98 Å². The second-order valence-electron chi connectivity index (χ2n) is 6.19. The molecule has 0 fully saturated rings. The zero-order valence-electron chi connectivity index (χ0n) is 14.6. The van der Waals surface area contributed by atoms with E-state index >= 15 is 0 Å². The topological polar surface area (TPSA) is 64.1 Å². The van der Waals surface area contributed by atoms with E-state index in [-0.39, 0.29) is 11.9 Å². The maximum Gasteiger partial charge on any atom is 0.260 e. The van der Waals surface area contributed by atoms with Gasteiger partial charge in [-0.15, -0.1) is 0 Å². The number of carbonyl (C=O) groups excluding carboxylic acids is 1. The summed E-state index contributed by atoms with van der Waals surface area (Å²) in [7, 11) is 0. The summed E-state index contributed by atoms with van der Waals surface area (Å²) in [5.41, 5.74) is 3.48. The molecule has 3 rings (SSSR count). The van der Waals surface area contributed by atoms with Crippen LogP contribution in [-0.4, -0.2) is 28.0 Å². The van der Waals surface area contributed by atoms with Gasteiger partial charge in [0.2, 0.25) is 0 Å². The van der Waals surface area contributed by atoms with Gasteiger partial charge in [0.15, 0.2) is 6.10 Å². The molecule has 1 unspecified atom stereocenters. The predicted molar refractivity (Wildman–Crippen MR) is 98.3 cm³/mol.